The van der Waals surface area contributed by atoms with Gasteiger partial charge in [-0.25, -0.2) is 13.2 Å². The molecule has 2 bridgehead atoms. The van der Waals surface area contributed by atoms with Crippen LogP contribution in [0.4, 0.5) is 4.79 Å². The van der Waals surface area contributed by atoms with Crippen LogP contribution in [0.3, 0.4) is 0 Å². The van der Waals surface area contributed by atoms with Crippen LogP contribution >= 0.6 is 0 Å². The lowest BCUT2D eigenvalue weighted by molar-refractivity contribution is -0.170. The Balaban J connectivity index is 1.54. The van der Waals surface area contributed by atoms with E-state index in [1.54, 1.807) is 0 Å². The number of hydrogen-bond acceptors (Lipinski definition) is 7. The number of ketones is 2. The van der Waals surface area contributed by atoms with Crippen LogP contribution in [0.2, 0.25) is 0 Å². The maximum Gasteiger partial charge on any atom is 0.315 e. The number of urea groups is 1. The largest absolute Gasteiger partial charge is 0.363 e. The number of rotatable bonds is 14. The van der Waals surface area contributed by atoms with Gasteiger partial charge in [-0.05, 0) is 73.5 Å². The summed E-state index contributed by atoms with van der Waals surface area (Å²) in [5, 5.41) is 9.03. The van der Waals surface area contributed by atoms with Crippen molar-refractivity contribution in [2.45, 2.75) is 136 Å². The molecule has 5 saturated carbocycles. The molecule has 0 saturated heterocycles. The van der Waals surface area contributed by atoms with Crippen molar-refractivity contribution in [3.63, 3.8) is 0 Å². The highest BCUT2D eigenvalue weighted by Crippen LogP contribution is 2.63. The van der Waals surface area contributed by atoms with Gasteiger partial charge in [-0.2, -0.15) is 0 Å². The van der Waals surface area contributed by atoms with E-state index in [0.717, 1.165) is 57.8 Å². The number of Topliss-reactive ketones (excluding diaryl/α,β-unsaturated/α-hetero) is 2. The zero-order valence-electron chi connectivity index (χ0n) is 29.3. The zero-order valence-corrected chi connectivity index (χ0v) is 30.1. The molecule has 5 aliphatic rings. The number of amides is 4. The monoisotopic (exact) mass is 678 g/mol. The Labute approximate surface area is 281 Å². The summed E-state index contributed by atoms with van der Waals surface area (Å²) >= 11 is 0. The molecule has 47 heavy (non-hydrogen) atoms. The third kappa shape index (κ3) is 8.76. The number of fused-ring (bicyclic) bond motifs is 2. The molecule has 0 radical (unpaired) electrons. The van der Waals surface area contributed by atoms with Gasteiger partial charge in [0.2, 0.25) is 11.7 Å². The molecule has 5 aliphatic carbocycles. The molecule has 3 unspecified atom stereocenters. The van der Waals surface area contributed by atoms with E-state index in [1.165, 1.54) is 6.26 Å². The van der Waals surface area contributed by atoms with Gasteiger partial charge in [0.15, 0.2) is 5.78 Å². The Morgan fingerprint density at radius 2 is 1.57 bits per heavy atom. The summed E-state index contributed by atoms with van der Waals surface area (Å²) in [7, 11) is -3.13. The lowest BCUT2D eigenvalue weighted by atomic mass is 9.42. The topological polar surface area (TPSA) is 182 Å². The van der Waals surface area contributed by atoms with Gasteiger partial charge in [0, 0.05) is 23.5 Å². The summed E-state index contributed by atoms with van der Waals surface area (Å²) in [6, 6.07) is -2.37. The fourth-order valence-electron chi connectivity index (χ4n) is 8.87. The first-order valence-electron chi connectivity index (χ1n) is 17.7. The van der Waals surface area contributed by atoms with Crippen LogP contribution in [0, 0.1) is 40.4 Å². The van der Waals surface area contributed by atoms with Gasteiger partial charge in [-0.3, -0.25) is 19.2 Å². The van der Waals surface area contributed by atoms with Gasteiger partial charge in [0.05, 0.1) is 18.0 Å². The van der Waals surface area contributed by atoms with Crippen LogP contribution in [-0.2, 0) is 29.0 Å². The molecule has 0 heterocycles. The Morgan fingerprint density at radius 1 is 0.936 bits per heavy atom. The number of primary amides is 1. The van der Waals surface area contributed by atoms with E-state index < -0.39 is 68.3 Å². The Hall–Kier alpha value is -2.50. The molecule has 266 valence electrons. The highest BCUT2D eigenvalue weighted by atomic mass is 32.2. The normalized spacial score (nSPS) is 28.0. The van der Waals surface area contributed by atoms with Crippen LogP contribution in [0.5, 0.6) is 0 Å². The van der Waals surface area contributed by atoms with Crippen molar-refractivity contribution in [2.75, 3.05) is 12.0 Å². The van der Waals surface area contributed by atoms with E-state index in [1.807, 2.05) is 20.8 Å². The van der Waals surface area contributed by atoms with Gasteiger partial charge in [-0.1, -0.05) is 73.1 Å². The molecule has 0 aliphatic heterocycles. The van der Waals surface area contributed by atoms with E-state index in [-0.39, 0.29) is 34.7 Å². The Kier molecular flexibility index (Phi) is 11.2. The fourth-order valence-corrected chi connectivity index (χ4v) is 9.53. The third-order valence-corrected chi connectivity index (χ3v) is 13.1. The van der Waals surface area contributed by atoms with Gasteiger partial charge >= 0.3 is 6.03 Å². The molecule has 6 atom stereocenters. The summed E-state index contributed by atoms with van der Waals surface area (Å²) in [6.07, 6.45) is 11.2. The van der Waals surface area contributed by atoms with Gasteiger partial charge in [0.1, 0.15) is 9.84 Å². The number of sulfone groups is 1. The minimum Gasteiger partial charge on any atom is -0.363 e. The average molecular weight is 679 g/mol. The SMILES string of the molecule is CC(C)(C)[C@H](NC(=O)NC1(CCCS(C)(=O)=O)CCCCC1)C(=O)C1C[C@H]2C[C@@H](C1C(=O)NC(CC1CCC1)C(=O)C(N)=O)C2(C)C. The number of nitrogens with one attached hydrogen (secondary N) is 3. The van der Waals surface area contributed by atoms with Crippen LogP contribution < -0.4 is 21.7 Å². The Morgan fingerprint density at radius 3 is 2.09 bits per heavy atom. The average Bonchev–Trinajstić information content (AvgIpc) is 2.94. The molecule has 0 aromatic carbocycles. The molecule has 0 aromatic rings. The van der Waals surface area contributed by atoms with E-state index in [9.17, 15) is 32.4 Å². The lowest BCUT2D eigenvalue weighted by Crippen LogP contribution is -2.65. The Bertz CT molecular complexity index is 1330. The molecule has 4 amide bonds. The highest BCUT2D eigenvalue weighted by Gasteiger charge is 2.62. The molecular weight excluding hydrogens is 620 g/mol. The summed E-state index contributed by atoms with van der Waals surface area (Å²) in [6.45, 7) is 9.91. The summed E-state index contributed by atoms with van der Waals surface area (Å²) in [5.41, 5.74) is 3.99. The maximum absolute atomic E-state index is 14.6. The van der Waals surface area contributed by atoms with Crippen LogP contribution in [-0.4, -0.2) is 67.5 Å². The van der Waals surface area contributed by atoms with E-state index in [2.05, 4.69) is 29.8 Å². The second-order valence-corrected chi connectivity index (χ2v) is 19.2. The number of nitrogens with two attached hydrogens (primary N) is 1. The quantitative estimate of drug-likeness (QED) is 0.202. The zero-order chi connectivity index (χ0) is 34.9. The molecular formula is C35H58N4O7S. The fraction of sp³-hybridized carbons (Fsp3) is 0.857. The second-order valence-electron chi connectivity index (χ2n) is 16.9. The van der Waals surface area contributed by atoms with E-state index in [0.29, 0.717) is 25.7 Å². The van der Waals surface area contributed by atoms with Crippen LogP contribution in [0.1, 0.15) is 118 Å². The molecule has 0 spiro atoms. The van der Waals surface area contributed by atoms with Crippen molar-refractivity contribution < 1.29 is 32.4 Å². The first-order valence-corrected chi connectivity index (χ1v) is 19.7. The van der Waals surface area contributed by atoms with Crippen molar-refractivity contribution >= 4 is 39.2 Å². The minimum atomic E-state index is -3.13. The summed E-state index contributed by atoms with van der Waals surface area (Å²) in [5.74, 6) is -3.41. The smallest absolute Gasteiger partial charge is 0.315 e. The number of carbonyl (C=O) groups excluding carboxylic acids is 5. The second kappa shape index (κ2) is 14.2. The predicted molar refractivity (Wildman–Crippen MR) is 180 cm³/mol. The number of carbonyl (C=O) groups is 5. The van der Waals surface area contributed by atoms with Crippen molar-refractivity contribution in [3.8, 4) is 0 Å². The van der Waals surface area contributed by atoms with Crippen molar-refractivity contribution in [1.82, 2.24) is 16.0 Å². The summed E-state index contributed by atoms with van der Waals surface area (Å²) < 4.78 is 23.6. The lowest BCUT2D eigenvalue weighted by Gasteiger charge is -2.62. The predicted octanol–water partition coefficient (Wildman–Crippen LogP) is 3.82. The number of hydrogen-bond donors (Lipinski definition) is 4. The molecule has 5 fully saturated rings. The van der Waals surface area contributed by atoms with Gasteiger partial charge in [-0.15, -0.1) is 0 Å². The standard InChI is InChI=1S/C35H58N4O7S/c1-33(2,3)29(38-32(44)39-35(14-8-7-9-15-35)16-11-17-47(6,45)46)27(40)23-19-22-20-24(34(22,4)5)26(23)31(43)37-25(28(41)30(36)42)18-21-12-10-13-21/h21-26,29H,7-20H2,1-6H3,(H2,36,42)(H,37,43)(H2,38,39,44)/t22-,23?,24-,25?,26?,29+/m0/s1. The van der Waals surface area contributed by atoms with Crippen LogP contribution in [0.15, 0.2) is 0 Å². The molecule has 5 rings (SSSR count). The van der Waals surface area contributed by atoms with Crippen molar-refractivity contribution in [1.29, 1.82) is 0 Å². The third-order valence-electron chi connectivity index (χ3n) is 12.1. The first kappa shape index (κ1) is 37.3. The van der Waals surface area contributed by atoms with Gasteiger partial charge in [0.25, 0.3) is 5.91 Å². The maximum atomic E-state index is 14.6. The van der Waals surface area contributed by atoms with Crippen LogP contribution in [0.25, 0.3) is 0 Å². The summed E-state index contributed by atoms with van der Waals surface area (Å²) in [4.78, 5) is 67.1. The molecule has 11 nitrogen and oxygen atoms in total. The molecule has 0 aromatic heterocycles. The van der Waals surface area contributed by atoms with E-state index in [4.69, 9.17) is 5.73 Å². The first-order chi connectivity index (χ1) is 21.7. The molecule has 12 heteroatoms. The minimum absolute atomic E-state index is 0.0531. The highest BCUT2D eigenvalue weighted by molar-refractivity contribution is 7.90. The van der Waals surface area contributed by atoms with Crippen molar-refractivity contribution in [2.24, 2.45) is 46.2 Å². The van der Waals surface area contributed by atoms with Gasteiger partial charge < -0.3 is 21.7 Å². The molecule has 5 N–H and O–H groups in total. The van der Waals surface area contributed by atoms with E-state index >= 15 is 0 Å². The van der Waals surface area contributed by atoms with Crippen molar-refractivity contribution in [3.05, 3.63) is 0 Å².